The fourth-order valence-electron chi connectivity index (χ4n) is 2.73. The number of benzene rings is 2. The maximum atomic E-state index is 13.8. The van der Waals surface area contributed by atoms with Gasteiger partial charge in [-0.15, -0.1) is 0 Å². The summed E-state index contributed by atoms with van der Waals surface area (Å²) in [6, 6.07) is 6.41. The zero-order valence-electron chi connectivity index (χ0n) is 16.7. The molecule has 33 heavy (non-hydrogen) atoms. The van der Waals surface area contributed by atoms with Crippen molar-refractivity contribution in [2.24, 2.45) is 0 Å². The highest BCUT2D eigenvalue weighted by Crippen LogP contribution is 2.32. The first-order chi connectivity index (χ1) is 15.5. The number of carbonyl (C=O) groups is 2. The van der Waals surface area contributed by atoms with Crippen LogP contribution in [0.1, 0.15) is 26.3 Å². The van der Waals surface area contributed by atoms with Gasteiger partial charge in [-0.2, -0.15) is 13.2 Å². The Balaban J connectivity index is 2.01. The molecule has 2 aromatic carbocycles. The van der Waals surface area contributed by atoms with Crippen molar-refractivity contribution < 1.29 is 31.5 Å². The normalized spacial score (nSPS) is 11.1. The number of halogens is 6. The molecule has 172 valence electrons. The summed E-state index contributed by atoms with van der Waals surface area (Å²) in [4.78, 5) is 28.6. The summed E-state index contributed by atoms with van der Waals surface area (Å²) in [5.41, 5.74) is -2.06. The van der Waals surface area contributed by atoms with Gasteiger partial charge in [-0.25, -0.2) is 13.8 Å². The molecule has 1 heterocycles. The summed E-state index contributed by atoms with van der Waals surface area (Å²) in [6.45, 7) is 0. The lowest BCUT2D eigenvalue weighted by molar-refractivity contribution is -0.137. The average molecular weight is 485 g/mol. The second-order valence-corrected chi connectivity index (χ2v) is 6.98. The van der Waals surface area contributed by atoms with Crippen molar-refractivity contribution in [3.8, 4) is 0 Å². The van der Waals surface area contributed by atoms with E-state index in [1.807, 2.05) is 0 Å². The largest absolute Gasteiger partial charge is 0.416 e. The van der Waals surface area contributed by atoms with Crippen LogP contribution >= 0.6 is 11.6 Å². The number of alkyl halides is 3. The molecular formula is C21H14ClF5N4O2. The predicted molar refractivity (Wildman–Crippen MR) is 112 cm³/mol. The first kappa shape index (κ1) is 23.9. The predicted octanol–water partition coefficient (Wildman–Crippen LogP) is 5.39. The van der Waals surface area contributed by atoms with Gasteiger partial charge in [0.2, 0.25) is 0 Å². The smallest absolute Gasteiger partial charge is 0.355 e. The van der Waals surface area contributed by atoms with Gasteiger partial charge in [-0.1, -0.05) is 17.7 Å². The number of nitrogens with one attached hydrogen (secondary N) is 3. The van der Waals surface area contributed by atoms with E-state index in [-0.39, 0.29) is 33.8 Å². The molecule has 6 nitrogen and oxygen atoms in total. The molecule has 0 bridgehead atoms. The topological polar surface area (TPSA) is 83.1 Å². The van der Waals surface area contributed by atoms with Gasteiger partial charge < -0.3 is 16.0 Å². The first-order valence-electron chi connectivity index (χ1n) is 9.12. The molecular weight excluding hydrogens is 471 g/mol. The lowest BCUT2D eigenvalue weighted by atomic mass is 10.1. The van der Waals surface area contributed by atoms with Crippen molar-refractivity contribution in [3.63, 3.8) is 0 Å². The van der Waals surface area contributed by atoms with Gasteiger partial charge in [0.05, 0.1) is 27.5 Å². The van der Waals surface area contributed by atoms with Gasteiger partial charge in [0.1, 0.15) is 11.6 Å². The van der Waals surface area contributed by atoms with E-state index >= 15 is 0 Å². The second-order valence-electron chi connectivity index (χ2n) is 6.61. The van der Waals surface area contributed by atoms with Crippen molar-refractivity contribution in [1.29, 1.82) is 0 Å². The summed E-state index contributed by atoms with van der Waals surface area (Å²) >= 11 is 5.91. The number of hydrogen-bond acceptors (Lipinski definition) is 4. The second kappa shape index (κ2) is 9.41. The van der Waals surface area contributed by atoms with Crippen molar-refractivity contribution in [3.05, 3.63) is 82.0 Å². The van der Waals surface area contributed by atoms with Crippen molar-refractivity contribution in [2.75, 3.05) is 17.7 Å². The Kier molecular flexibility index (Phi) is 6.82. The third-order valence-electron chi connectivity index (χ3n) is 4.32. The molecule has 0 atom stereocenters. The summed E-state index contributed by atoms with van der Waals surface area (Å²) in [5, 5.41) is 7.05. The molecule has 0 aliphatic heterocycles. The minimum Gasteiger partial charge on any atom is -0.355 e. The maximum Gasteiger partial charge on any atom is 0.416 e. The van der Waals surface area contributed by atoms with Crippen LogP contribution in [0.5, 0.6) is 0 Å². The minimum absolute atomic E-state index is 0.00101. The number of hydrogen-bond donors (Lipinski definition) is 3. The number of carbonyl (C=O) groups excluding carboxylic acids is 2. The Bertz CT molecular complexity index is 1230. The van der Waals surface area contributed by atoms with Gasteiger partial charge in [0.15, 0.2) is 5.82 Å². The number of amides is 2. The Morgan fingerprint density at radius 1 is 0.970 bits per heavy atom. The Hall–Kier alpha value is -3.73. The molecule has 3 rings (SSSR count). The van der Waals surface area contributed by atoms with Crippen LogP contribution in [0.3, 0.4) is 0 Å². The van der Waals surface area contributed by atoms with Crippen LogP contribution in [0.15, 0.2) is 48.7 Å². The highest BCUT2D eigenvalue weighted by atomic mass is 35.5. The Morgan fingerprint density at radius 3 is 2.36 bits per heavy atom. The van der Waals surface area contributed by atoms with Crippen LogP contribution in [0.4, 0.5) is 39.1 Å². The molecule has 0 fully saturated rings. The van der Waals surface area contributed by atoms with Crippen LogP contribution in [-0.4, -0.2) is 23.8 Å². The summed E-state index contributed by atoms with van der Waals surface area (Å²) < 4.78 is 66.4. The molecule has 0 radical (unpaired) electrons. The first-order valence-corrected chi connectivity index (χ1v) is 9.49. The molecule has 0 saturated carbocycles. The van der Waals surface area contributed by atoms with Crippen LogP contribution in [0.25, 0.3) is 0 Å². The SMILES string of the molecule is CNC(=O)c1cnc(Nc2cccc(F)c2Cl)c(NC(=O)c2cc(F)cc(C(F)(F)F)c2)c1. The van der Waals surface area contributed by atoms with Crippen LogP contribution in [0.2, 0.25) is 5.02 Å². The minimum atomic E-state index is -4.88. The molecule has 12 heteroatoms. The monoisotopic (exact) mass is 484 g/mol. The van der Waals surface area contributed by atoms with Gasteiger partial charge in [-0.3, -0.25) is 9.59 Å². The molecule has 0 unspecified atom stereocenters. The highest BCUT2D eigenvalue weighted by Gasteiger charge is 2.32. The lowest BCUT2D eigenvalue weighted by Crippen LogP contribution is -2.20. The molecule has 0 saturated heterocycles. The number of nitrogens with zero attached hydrogens (tertiary/aromatic N) is 1. The Labute approximate surface area is 188 Å². The van der Waals surface area contributed by atoms with E-state index in [4.69, 9.17) is 11.6 Å². The molecule has 0 spiro atoms. The molecule has 2 amide bonds. The van der Waals surface area contributed by atoms with Crippen LogP contribution in [-0.2, 0) is 6.18 Å². The summed E-state index contributed by atoms with van der Waals surface area (Å²) in [7, 11) is 1.35. The van der Waals surface area contributed by atoms with E-state index in [2.05, 4.69) is 20.9 Å². The van der Waals surface area contributed by atoms with Crippen molar-refractivity contribution in [1.82, 2.24) is 10.3 Å². The molecule has 0 aliphatic carbocycles. The number of pyridine rings is 1. The lowest BCUT2D eigenvalue weighted by Gasteiger charge is -2.15. The van der Waals surface area contributed by atoms with Gasteiger partial charge in [-0.05, 0) is 36.4 Å². The maximum absolute atomic E-state index is 13.8. The third kappa shape index (κ3) is 5.55. The molecule has 1 aromatic heterocycles. The zero-order chi connectivity index (χ0) is 24.3. The quantitative estimate of drug-likeness (QED) is 0.424. The van der Waals surface area contributed by atoms with Crippen molar-refractivity contribution >= 4 is 40.6 Å². The summed E-state index contributed by atoms with van der Waals surface area (Å²) in [5.74, 6) is -3.79. The number of aromatic nitrogens is 1. The molecule has 3 aromatic rings. The average Bonchev–Trinajstić information content (AvgIpc) is 2.76. The molecule has 3 N–H and O–H groups in total. The highest BCUT2D eigenvalue weighted by molar-refractivity contribution is 6.33. The number of anilines is 3. The van der Waals surface area contributed by atoms with E-state index < -0.39 is 40.8 Å². The van der Waals surface area contributed by atoms with Crippen molar-refractivity contribution in [2.45, 2.75) is 6.18 Å². The van der Waals surface area contributed by atoms with E-state index in [1.165, 1.54) is 25.2 Å². The van der Waals surface area contributed by atoms with Gasteiger partial charge in [0, 0.05) is 18.8 Å². The zero-order valence-corrected chi connectivity index (χ0v) is 17.4. The van der Waals surface area contributed by atoms with E-state index in [1.54, 1.807) is 0 Å². The fourth-order valence-corrected chi connectivity index (χ4v) is 2.91. The number of rotatable bonds is 5. The fraction of sp³-hybridized carbons (Fsp3) is 0.0952. The van der Waals surface area contributed by atoms with Gasteiger partial charge in [0.25, 0.3) is 11.8 Å². The van der Waals surface area contributed by atoms with Crippen LogP contribution < -0.4 is 16.0 Å². The van der Waals surface area contributed by atoms with E-state index in [0.29, 0.717) is 12.1 Å². The standard InChI is InChI=1S/C21H14ClF5N4O2/c1-28-19(32)11-7-16(18(29-9-11)30-15-4-2-3-14(24)17(15)22)31-20(33)10-5-12(21(25,26)27)8-13(23)6-10/h2-9H,1H3,(H,28,32)(H,29,30)(H,31,33). The third-order valence-corrected chi connectivity index (χ3v) is 4.70. The van der Waals surface area contributed by atoms with Gasteiger partial charge >= 0.3 is 6.18 Å². The summed E-state index contributed by atoms with van der Waals surface area (Å²) in [6.07, 6.45) is -3.73. The van der Waals surface area contributed by atoms with E-state index in [9.17, 15) is 31.5 Å². The van der Waals surface area contributed by atoms with Crippen LogP contribution in [0, 0.1) is 11.6 Å². The van der Waals surface area contributed by atoms with E-state index in [0.717, 1.165) is 12.3 Å². The molecule has 0 aliphatic rings. The Morgan fingerprint density at radius 2 is 1.70 bits per heavy atom.